The zero-order valence-electron chi connectivity index (χ0n) is 33.2. The van der Waals surface area contributed by atoms with Crippen LogP contribution in [0.15, 0.2) is 218 Å². The highest BCUT2D eigenvalue weighted by molar-refractivity contribution is 6.36. The highest BCUT2D eigenvalue weighted by atomic mass is 15.0. The van der Waals surface area contributed by atoms with Gasteiger partial charge in [-0.1, -0.05) is 206 Å². The van der Waals surface area contributed by atoms with Gasteiger partial charge in [-0.2, -0.15) is 0 Å². The van der Waals surface area contributed by atoms with Gasteiger partial charge in [-0.05, 0) is 57.2 Å². The number of fused-ring (bicyclic) bond motifs is 1. The monoisotopic (exact) mass is 781 g/mol. The highest BCUT2D eigenvalue weighted by Crippen LogP contribution is 2.40. The Bertz CT molecular complexity index is 2990. The number of allylic oxidation sites excluding steroid dienone is 1. The Morgan fingerprint density at radius 2 is 0.770 bits per heavy atom. The van der Waals surface area contributed by atoms with Gasteiger partial charge in [0.1, 0.15) is 0 Å². The van der Waals surface area contributed by atoms with E-state index in [1.165, 1.54) is 0 Å². The number of hydrogen-bond acceptors (Lipinski definition) is 5. The van der Waals surface area contributed by atoms with Crippen molar-refractivity contribution in [2.45, 2.75) is 0 Å². The molecule has 0 unspecified atom stereocenters. The Morgan fingerprint density at radius 3 is 1.31 bits per heavy atom. The van der Waals surface area contributed by atoms with Crippen LogP contribution in [-0.4, -0.2) is 20.7 Å². The van der Waals surface area contributed by atoms with Crippen molar-refractivity contribution in [3.63, 3.8) is 0 Å². The fraction of sp³-hybridized carbons (Fsp3) is 0. The predicted molar refractivity (Wildman–Crippen MR) is 251 cm³/mol. The molecule has 1 aliphatic rings. The van der Waals surface area contributed by atoms with Gasteiger partial charge in [-0.15, -0.1) is 0 Å². The molecule has 0 saturated heterocycles. The third-order valence-electron chi connectivity index (χ3n) is 11.0. The lowest BCUT2D eigenvalue weighted by atomic mass is 9.86. The lowest BCUT2D eigenvalue weighted by Crippen LogP contribution is -2.21. The summed E-state index contributed by atoms with van der Waals surface area (Å²) in [7, 11) is 0. The Hall–Kier alpha value is -8.28. The number of hydrogen-bond donors (Lipinski definition) is 2. The first-order valence-corrected chi connectivity index (χ1v) is 20.4. The van der Waals surface area contributed by atoms with E-state index in [-0.39, 0.29) is 0 Å². The molecule has 2 heterocycles. The molecular weight excluding hydrogens is 743 g/mol. The van der Waals surface area contributed by atoms with Crippen LogP contribution >= 0.6 is 0 Å². The van der Waals surface area contributed by atoms with Crippen molar-refractivity contribution in [2.75, 3.05) is 0 Å². The van der Waals surface area contributed by atoms with Crippen LogP contribution in [0.1, 0.15) is 27.8 Å². The molecule has 1 aliphatic heterocycles. The normalized spacial score (nSPS) is 12.8. The average molecular weight is 782 g/mol. The number of nitrogens with one attached hydrogen (secondary N) is 2. The summed E-state index contributed by atoms with van der Waals surface area (Å²) in [5.41, 5.74) is 14.6. The van der Waals surface area contributed by atoms with Gasteiger partial charge in [0.25, 0.3) is 0 Å². The molecule has 8 aromatic carbocycles. The standard InChI is InChI=1S/C56H39N5/c57-52(42-27-14-5-15-28-42)51(41-25-12-4-13-26-41)53-47-33-18-34-48(49(47)37-50(58-53)40-23-10-3-11-24-40)56-60-54(45-31-16-29-43(35-45)38-19-6-1-7-20-38)59-55(61-56)46-32-17-30-44(36-46)39-21-8-2-9-22-39/h1-37,57-58H/b53-51-,57-52?. The zero-order chi connectivity index (χ0) is 41.0. The molecule has 10 rings (SSSR count). The summed E-state index contributed by atoms with van der Waals surface area (Å²) in [6.45, 7) is 0. The van der Waals surface area contributed by atoms with E-state index in [1.807, 2.05) is 78.9 Å². The molecule has 0 saturated carbocycles. The summed E-state index contributed by atoms with van der Waals surface area (Å²) in [6, 6.07) is 74.3. The molecule has 0 bridgehead atoms. The summed E-state index contributed by atoms with van der Waals surface area (Å²) >= 11 is 0. The number of nitrogens with zero attached hydrogens (tertiary/aromatic N) is 3. The molecule has 5 nitrogen and oxygen atoms in total. The number of rotatable bonds is 9. The SMILES string of the molecule is N=C(/C(=C1\NC(c2ccccc2)=Cc2c1cccc2-c1nc(-c2cccc(-c3ccccc3)c2)nc(-c2cccc(-c3ccccc3)c2)n1)c1ccccc1)c1ccccc1. The van der Waals surface area contributed by atoms with E-state index in [0.29, 0.717) is 23.2 Å². The topological polar surface area (TPSA) is 74.6 Å². The third-order valence-corrected chi connectivity index (χ3v) is 11.0. The van der Waals surface area contributed by atoms with Crippen molar-refractivity contribution in [3.8, 4) is 56.4 Å². The molecule has 0 radical (unpaired) electrons. The largest absolute Gasteiger partial charge is 0.354 e. The first kappa shape index (κ1) is 37.0. The summed E-state index contributed by atoms with van der Waals surface area (Å²) in [5, 5.41) is 13.6. The van der Waals surface area contributed by atoms with E-state index < -0.39 is 0 Å². The van der Waals surface area contributed by atoms with Crippen LogP contribution in [0.25, 0.3) is 79.5 Å². The van der Waals surface area contributed by atoms with Gasteiger partial charge in [-0.25, -0.2) is 15.0 Å². The first-order chi connectivity index (χ1) is 30.2. The van der Waals surface area contributed by atoms with Crippen LogP contribution in [0.2, 0.25) is 0 Å². The Labute approximate surface area is 355 Å². The first-order valence-electron chi connectivity index (χ1n) is 20.4. The molecule has 0 aliphatic carbocycles. The zero-order valence-corrected chi connectivity index (χ0v) is 33.2. The smallest absolute Gasteiger partial charge is 0.164 e. The predicted octanol–water partition coefficient (Wildman–Crippen LogP) is 13.2. The second kappa shape index (κ2) is 16.5. The van der Waals surface area contributed by atoms with E-state index in [0.717, 1.165) is 83.7 Å². The Balaban J connectivity index is 1.22. The van der Waals surface area contributed by atoms with E-state index in [9.17, 15) is 5.41 Å². The Morgan fingerprint density at radius 1 is 0.361 bits per heavy atom. The van der Waals surface area contributed by atoms with E-state index >= 15 is 0 Å². The van der Waals surface area contributed by atoms with Crippen LogP contribution in [-0.2, 0) is 0 Å². The van der Waals surface area contributed by atoms with Crippen LogP contribution in [0.3, 0.4) is 0 Å². The molecule has 0 fully saturated rings. The third kappa shape index (κ3) is 7.60. The molecule has 9 aromatic rings. The van der Waals surface area contributed by atoms with Crippen molar-refractivity contribution >= 4 is 28.8 Å². The molecule has 2 N–H and O–H groups in total. The molecular formula is C56H39N5. The van der Waals surface area contributed by atoms with Crippen molar-refractivity contribution < 1.29 is 0 Å². The van der Waals surface area contributed by atoms with E-state index in [2.05, 4.69) is 151 Å². The average Bonchev–Trinajstić information content (AvgIpc) is 3.35. The van der Waals surface area contributed by atoms with Crippen molar-refractivity contribution in [1.29, 1.82) is 5.41 Å². The van der Waals surface area contributed by atoms with E-state index in [1.54, 1.807) is 0 Å². The van der Waals surface area contributed by atoms with Crippen LogP contribution in [0.5, 0.6) is 0 Å². The fourth-order valence-corrected chi connectivity index (χ4v) is 7.95. The number of aromatic nitrogens is 3. The maximum Gasteiger partial charge on any atom is 0.164 e. The van der Waals surface area contributed by atoms with Gasteiger partial charge >= 0.3 is 0 Å². The van der Waals surface area contributed by atoms with Gasteiger partial charge < -0.3 is 5.32 Å². The molecule has 61 heavy (non-hydrogen) atoms. The minimum absolute atomic E-state index is 0.418. The molecule has 0 spiro atoms. The second-order valence-corrected chi connectivity index (χ2v) is 14.9. The summed E-state index contributed by atoms with van der Waals surface area (Å²) in [6.07, 6.45) is 2.19. The van der Waals surface area contributed by atoms with Crippen molar-refractivity contribution in [3.05, 3.63) is 246 Å². The lowest BCUT2D eigenvalue weighted by Gasteiger charge is -2.27. The minimum Gasteiger partial charge on any atom is -0.354 e. The van der Waals surface area contributed by atoms with Crippen LogP contribution in [0.4, 0.5) is 0 Å². The summed E-state index contributed by atoms with van der Waals surface area (Å²) in [5.74, 6) is 1.71. The maximum absolute atomic E-state index is 9.75. The van der Waals surface area contributed by atoms with Crippen molar-refractivity contribution in [1.82, 2.24) is 20.3 Å². The molecule has 5 heteroatoms. The second-order valence-electron chi connectivity index (χ2n) is 14.9. The molecule has 0 atom stereocenters. The minimum atomic E-state index is 0.418. The number of benzene rings is 8. The maximum atomic E-state index is 9.75. The van der Waals surface area contributed by atoms with Gasteiger partial charge in [0.2, 0.25) is 0 Å². The summed E-state index contributed by atoms with van der Waals surface area (Å²) in [4.78, 5) is 15.8. The van der Waals surface area contributed by atoms with E-state index in [4.69, 9.17) is 15.0 Å². The van der Waals surface area contributed by atoms with Crippen LogP contribution < -0.4 is 5.32 Å². The highest BCUT2D eigenvalue weighted by Gasteiger charge is 2.26. The molecule has 288 valence electrons. The fourth-order valence-electron chi connectivity index (χ4n) is 7.95. The van der Waals surface area contributed by atoms with Crippen molar-refractivity contribution in [2.24, 2.45) is 0 Å². The van der Waals surface area contributed by atoms with Gasteiger partial charge in [0, 0.05) is 39.1 Å². The van der Waals surface area contributed by atoms with Gasteiger partial charge in [-0.3, -0.25) is 5.41 Å². The van der Waals surface area contributed by atoms with Crippen LogP contribution in [0, 0.1) is 5.41 Å². The lowest BCUT2D eigenvalue weighted by molar-refractivity contribution is 1.07. The molecule has 0 amide bonds. The summed E-state index contributed by atoms with van der Waals surface area (Å²) < 4.78 is 0. The molecule has 1 aromatic heterocycles. The quantitative estimate of drug-likeness (QED) is 0.143. The Kier molecular flexibility index (Phi) is 10.0. The van der Waals surface area contributed by atoms with Gasteiger partial charge in [0.15, 0.2) is 17.5 Å². The van der Waals surface area contributed by atoms with Gasteiger partial charge in [0.05, 0.1) is 11.4 Å².